The number of thioether (sulfide) groups is 1. The largest absolute Gasteiger partial charge is 0.384 e. The Labute approximate surface area is 111 Å². The van der Waals surface area contributed by atoms with E-state index in [2.05, 4.69) is 57.3 Å². The number of halogens is 1. The Balaban J connectivity index is 1.64. The minimum atomic E-state index is 0.935. The van der Waals surface area contributed by atoms with Crippen LogP contribution < -0.4 is 5.32 Å². The smallest absolute Gasteiger partial charge is 0.0351 e. The Morgan fingerprint density at radius 2 is 2.12 bits per heavy atom. The van der Waals surface area contributed by atoms with E-state index >= 15 is 0 Å². The van der Waals surface area contributed by atoms with Crippen LogP contribution in [0.2, 0.25) is 0 Å². The maximum atomic E-state index is 3.48. The molecule has 1 fully saturated rings. The molecule has 0 bridgehead atoms. The molecule has 0 heterocycles. The van der Waals surface area contributed by atoms with E-state index in [1.165, 1.54) is 37.1 Å². The molecule has 0 unspecified atom stereocenters. The van der Waals surface area contributed by atoms with Gasteiger partial charge in [-0.25, -0.2) is 0 Å². The van der Waals surface area contributed by atoms with Crippen LogP contribution >= 0.6 is 27.7 Å². The molecule has 1 aromatic carbocycles. The van der Waals surface area contributed by atoms with Crippen LogP contribution in [-0.4, -0.2) is 17.5 Å². The molecule has 0 aliphatic heterocycles. The summed E-state index contributed by atoms with van der Waals surface area (Å²) in [6.07, 6.45) is 5.75. The highest BCUT2D eigenvalue weighted by Gasteiger charge is 2.14. The van der Waals surface area contributed by atoms with E-state index < -0.39 is 0 Å². The second-order valence-corrected chi connectivity index (χ2v) is 6.54. The third kappa shape index (κ3) is 4.02. The van der Waals surface area contributed by atoms with E-state index in [4.69, 9.17) is 0 Å². The third-order valence-corrected chi connectivity index (χ3v) is 4.79. The van der Waals surface area contributed by atoms with Crippen molar-refractivity contribution >= 4 is 33.4 Å². The zero-order valence-corrected chi connectivity index (χ0v) is 11.8. The van der Waals surface area contributed by atoms with E-state index in [0.29, 0.717) is 0 Å². The van der Waals surface area contributed by atoms with Gasteiger partial charge < -0.3 is 5.32 Å². The van der Waals surface area contributed by atoms with Gasteiger partial charge in [-0.1, -0.05) is 34.8 Å². The standard InChI is InChI=1S/C13H18BrNS/c14-11-4-3-5-12(10-11)15-8-9-16-13-6-1-2-7-13/h3-5,10,13,15H,1-2,6-9H2. The summed E-state index contributed by atoms with van der Waals surface area (Å²) in [5.41, 5.74) is 1.21. The Morgan fingerprint density at radius 1 is 1.31 bits per heavy atom. The van der Waals surface area contributed by atoms with Crippen LogP contribution in [0.4, 0.5) is 5.69 Å². The molecule has 1 saturated carbocycles. The van der Waals surface area contributed by atoms with E-state index in [-0.39, 0.29) is 0 Å². The van der Waals surface area contributed by atoms with E-state index in [9.17, 15) is 0 Å². The lowest BCUT2D eigenvalue weighted by atomic mass is 10.3. The van der Waals surface area contributed by atoms with Crippen LogP contribution in [0.1, 0.15) is 25.7 Å². The van der Waals surface area contributed by atoms with Gasteiger partial charge in [-0.2, -0.15) is 11.8 Å². The Bertz CT molecular complexity index is 323. The first-order valence-electron chi connectivity index (χ1n) is 5.95. The maximum absolute atomic E-state index is 3.48. The summed E-state index contributed by atoms with van der Waals surface area (Å²) in [7, 11) is 0. The van der Waals surface area contributed by atoms with Gasteiger partial charge in [0, 0.05) is 27.7 Å². The van der Waals surface area contributed by atoms with Gasteiger partial charge in [-0.15, -0.1) is 0 Å². The Hall–Kier alpha value is -0.150. The summed E-state index contributed by atoms with van der Waals surface area (Å²) < 4.78 is 1.14. The number of benzene rings is 1. The predicted octanol–water partition coefficient (Wildman–Crippen LogP) is 4.54. The average molecular weight is 300 g/mol. The normalized spacial score (nSPS) is 16.6. The van der Waals surface area contributed by atoms with Gasteiger partial charge in [0.1, 0.15) is 0 Å². The van der Waals surface area contributed by atoms with Crippen LogP contribution in [0, 0.1) is 0 Å². The molecule has 1 aliphatic carbocycles. The van der Waals surface area contributed by atoms with Gasteiger partial charge >= 0.3 is 0 Å². The second-order valence-electron chi connectivity index (χ2n) is 4.21. The molecule has 3 heteroatoms. The van der Waals surface area contributed by atoms with Gasteiger partial charge in [-0.05, 0) is 31.0 Å². The van der Waals surface area contributed by atoms with Gasteiger partial charge in [0.25, 0.3) is 0 Å². The molecule has 0 saturated heterocycles. The van der Waals surface area contributed by atoms with Crippen LogP contribution in [0.25, 0.3) is 0 Å². The van der Waals surface area contributed by atoms with Gasteiger partial charge in [0.05, 0.1) is 0 Å². The molecule has 1 aliphatic rings. The number of hydrogen-bond acceptors (Lipinski definition) is 2. The SMILES string of the molecule is Brc1cccc(NCCSC2CCCC2)c1. The van der Waals surface area contributed by atoms with E-state index in [1.807, 2.05) is 0 Å². The van der Waals surface area contributed by atoms with Crippen molar-refractivity contribution in [2.75, 3.05) is 17.6 Å². The highest BCUT2D eigenvalue weighted by Crippen LogP contribution is 2.29. The lowest BCUT2D eigenvalue weighted by Crippen LogP contribution is -2.06. The molecule has 1 aromatic rings. The minimum Gasteiger partial charge on any atom is -0.384 e. The summed E-state index contributed by atoms with van der Waals surface area (Å²) in [5.74, 6) is 1.22. The molecule has 0 spiro atoms. The van der Waals surface area contributed by atoms with E-state index in [1.54, 1.807) is 0 Å². The zero-order chi connectivity index (χ0) is 11.2. The van der Waals surface area contributed by atoms with Gasteiger partial charge in [0.15, 0.2) is 0 Å². The lowest BCUT2D eigenvalue weighted by Gasteiger charge is -2.10. The fraction of sp³-hybridized carbons (Fsp3) is 0.538. The van der Waals surface area contributed by atoms with Crippen LogP contribution in [-0.2, 0) is 0 Å². The zero-order valence-electron chi connectivity index (χ0n) is 9.42. The van der Waals surface area contributed by atoms with Crippen molar-refractivity contribution in [1.82, 2.24) is 0 Å². The van der Waals surface area contributed by atoms with Crippen molar-refractivity contribution < 1.29 is 0 Å². The van der Waals surface area contributed by atoms with Crippen molar-refractivity contribution in [2.45, 2.75) is 30.9 Å². The topological polar surface area (TPSA) is 12.0 Å². The summed E-state index contributed by atoms with van der Waals surface area (Å²) in [5, 5.41) is 4.39. The molecule has 0 radical (unpaired) electrons. The number of nitrogens with one attached hydrogen (secondary N) is 1. The molecule has 0 amide bonds. The third-order valence-electron chi connectivity index (χ3n) is 2.91. The van der Waals surface area contributed by atoms with Crippen molar-refractivity contribution in [3.63, 3.8) is 0 Å². The highest BCUT2D eigenvalue weighted by molar-refractivity contribution is 9.10. The van der Waals surface area contributed by atoms with Gasteiger partial charge in [-0.3, -0.25) is 0 Å². The molecular formula is C13H18BrNS. The summed E-state index contributed by atoms with van der Waals surface area (Å²) in [4.78, 5) is 0. The number of rotatable bonds is 5. The lowest BCUT2D eigenvalue weighted by molar-refractivity contribution is 0.886. The Morgan fingerprint density at radius 3 is 2.88 bits per heavy atom. The quantitative estimate of drug-likeness (QED) is 0.801. The summed E-state index contributed by atoms with van der Waals surface area (Å²) in [6, 6.07) is 8.36. The second kappa shape index (κ2) is 6.55. The molecule has 88 valence electrons. The van der Waals surface area contributed by atoms with Gasteiger partial charge in [0.2, 0.25) is 0 Å². The predicted molar refractivity (Wildman–Crippen MR) is 77.3 cm³/mol. The molecule has 2 rings (SSSR count). The average Bonchev–Trinajstić information content (AvgIpc) is 2.77. The Kier molecular flexibility index (Phi) is 5.04. The van der Waals surface area contributed by atoms with Crippen molar-refractivity contribution in [3.8, 4) is 0 Å². The molecule has 0 aromatic heterocycles. The van der Waals surface area contributed by atoms with Crippen LogP contribution in [0.5, 0.6) is 0 Å². The monoisotopic (exact) mass is 299 g/mol. The van der Waals surface area contributed by atoms with Crippen LogP contribution in [0.3, 0.4) is 0 Å². The molecule has 16 heavy (non-hydrogen) atoms. The minimum absolute atomic E-state index is 0.935. The fourth-order valence-electron chi connectivity index (χ4n) is 2.07. The maximum Gasteiger partial charge on any atom is 0.0351 e. The highest BCUT2D eigenvalue weighted by atomic mass is 79.9. The number of anilines is 1. The van der Waals surface area contributed by atoms with E-state index in [0.717, 1.165) is 16.3 Å². The molecular weight excluding hydrogens is 282 g/mol. The first-order chi connectivity index (χ1) is 7.84. The van der Waals surface area contributed by atoms with Crippen molar-refractivity contribution in [3.05, 3.63) is 28.7 Å². The first-order valence-corrected chi connectivity index (χ1v) is 7.80. The van der Waals surface area contributed by atoms with Crippen molar-refractivity contribution in [2.24, 2.45) is 0 Å². The molecule has 1 N–H and O–H groups in total. The summed E-state index contributed by atoms with van der Waals surface area (Å²) in [6.45, 7) is 1.07. The van der Waals surface area contributed by atoms with Crippen LogP contribution in [0.15, 0.2) is 28.7 Å². The summed E-state index contributed by atoms with van der Waals surface area (Å²) >= 11 is 5.61. The fourth-order valence-corrected chi connectivity index (χ4v) is 3.69. The first kappa shape index (κ1) is 12.3. The molecule has 1 nitrogen and oxygen atoms in total. The number of hydrogen-bond donors (Lipinski definition) is 1. The molecule has 0 atom stereocenters. The van der Waals surface area contributed by atoms with Crippen molar-refractivity contribution in [1.29, 1.82) is 0 Å².